The zero-order chi connectivity index (χ0) is 17.7. The van der Waals surface area contributed by atoms with Gasteiger partial charge in [0.15, 0.2) is 0 Å². The number of halogens is 3. The zero-order valence-corrected chi connectivity index (χ0v) is 16.2. The van der Waals surface area contributed by atoms with E-state index in [1.165, 1.54) is 0 Å². The number of alkyl halides is 1. The Morgan fingerprint density at radius 3 is 2.62 bits per heavy atom. The molecule has 2 aromatic rings. The van der Waals surface area contributed by atoms with Crippen molar-refractivity contribution in [2.45, 2.75) is 26.8 Å². The van der Waals surface area contributed by atoms with Crippen molar-refractivity contribution in [1.29, 1.82) is 0 Å². The van der Waals surface area contributed by atoms with Gasteiger partial charge in [-0.05, 0) is 26.3 Å². The molecule has 2 rings (SSSR count). The van der Waals surface area contributed by atoms with E-state index < -0.39 is 0 Å². The number of hydrogen-bond acceptors (Lipinski definition) is 5. The van der Waals surface area contributed by atoms with E-state index >= 15 is 0 Å². The number of hydrogen-bond donors (Lipinski definition) is 1. The molecule has 8 heteroatoms. The Balaban J connectivity index is 2.16. The van der Waals surface area contributed by atoms with E-state index in [0.29, 0.717) is 34.1 Å². The first kappa shape index (κ1) is 19.0. The van der Waals surface area contributed by atoms with Gasteiger partial charge in [-0.15, -0.1) is 11.6 Å². The fraction of sp³-hybridized carbons (Fsp3) is 0.438. The lowest BCUT2D eigenvalue weighted by Crippen LogP contribution is -2.20. The number of aromatic nitrogens is 3. The number of nitrogens with one attached hydrogen (secondary N) is 1. The van der Waals surface area contributed by atoms with Gasteiger partial charge in [0.05, 0.1) is 28.6 Å². The molecule has 0 radical (unpaired) electrons. The van der Waals surface area contributed by atoms with Gasteiger partial charge in [-0.2, -0.15) is 0 Å². The first-order chi connectivity index (χ1) is 11.4. The van der Waals surface area contributed by atoms with Crippen LogP contribution < -0.4 is 10.2 Å². The summed E-state index contributed by atoms with van der Waals surface area (Å²) in [6, 6.07) is 1.89. The van der Waals surface area contributed by atoms with Gasteiger partial charge in [-0.25, -0.2) is 9.97 Å². The predicted molar refractivity (Wildman–Crippen MR) is 102 cm³/mol. The Morgan fingerprint density at radius 2 is 1.92 bits per heavy atom. The minimum absolute atomic E-state index is 0.422. The fourth-order valence-corrected chi connectivity index (χ4v) is 2.89. The maximum absolute atomic E-state index is 6.51. The van der Waals surface area contributed by atoms with Crippen molar-refractivity contribution < 1.29 is 0 Å². The molecule has 0 aliphatic rings. The van der Waals surface area contributed by atoms with E-state index in [1.807, 2.05) is 27.0 Å². The van der Waals surface area contributed by atoms with E-state index in [-0.39, 0.29) is 0 Å². The first-order valence-electron chi connectivity index (χ1n) is 7.59. The molecule has 2 heterocycles. The van der Waals surface area contributed by atoms with Crippen molar-refractivity contribution in [3.63, 3.8) is 0 Å². The molecular weight excluding hydrogens is 369 g/mol. The molecule has 24 heavy (non-hydrogen) atoms. The highest BCUT2D eigenvalue weighted by atomic mass is 35.5. The van der Waals surface area contributed by atoms with Gasteiger partial charge >= 0.3 is 0 Å². The van der Waals surface area contributed by atoms with Gasteiger partial charge < -0.3 is 10.2 Å². The molecule has 0 unspecified atom stereocenters. The SMILES string of the molecule is Cc1nc(C)c(Cl)c(NCc2nccc(N(C)CCCCl)c2Cl)n1. The van der Waals surface area contributed by atoms with Crippen molar-refractivity contribution in [2.75, 3.05) is 29.7 Å². The van der Waals surface area contributed by atoms with E-state index in [0.717, 1.165) is 30.0 Å². The van der Waals surface area contributed by atoms with Crippen LogP contribution in [0, 0.1) is 13.8 Å². The number of rotatable bonds is 7. The van der Waals surface area contributed by atoms with Crippen LogP contribution in [0.4, 0.5) is 11.5 Å². The summed E-state index contributed by atoms with van der Waals surface area (Å²) in [7, 11) is 1.99. The monoisotopic (exact) mass is 387 g/mol. The molecule has 0 aliphatic heterocycles. The fourth-order valence-electron chi connectivity index (χ4n) is 2.29. The average Bonchev–Trinajstić information content (AvgIpc) is 2.55. The summed E-state index contributed by atoms with van der Waals surface area (Å²) in [5, 5.41) is 4.31. The van der Waals surface area contributed by atoms with Crippen molar-refractivity contribution in [3.05, 3.63) is 39.5 Å². The van der Waals surface area contributed by atoms with Crippen molar-refractivity contribution in [2.24, 2.45) is 0 Å². The minimum atomic E-state index is 0.422. The molecule has 130 valence electrons. The molecule has 0 saturated heterocycles. The number of anilines is 2. The molecule has 0 fully saturated rings. The Labute approximate surface area is 157 Å². The molecule has 0 bridgehead atoms. The predicted octanol–water partition coefficient (Wildman–Crippen LogP) is 4.47. The van der Waals surface area contributed by atoms with Crippen LogP contribution in [0.5, 0.6) is 0 Å². The van der Waals surface area contributed by atoms with Crippen molar-refractivity contribution >= 4 is 46.3 Å². The standard InChI is InChI=1S/C16H20Cl3N5/c1-10-14(18)16(23-11(2)22-10)21-9-12-15(19)13(5-7-20-12)24(3)8-4-6-17/h5,7H,4,6,8-9H2,1-3H3,(H,21,22,23). The first-order valence-corrected chi connectivity index (χ1v) is 8.88. The molecule has 0 aromatic carbocycles. The summed E-state index contributed by atoms with van der Waals surface area (Å²) in [5.74, 6) is 1.86. The second-order valence-corrected chi connectivity index (χ2v) is 6.56. The van der Waals surface area contributed by atoms with E-state index in [9.17, 15) is 0 Å². The highest BCUT2D eigenvalue weighted by Crippen LogP contribution is 2.29. The van der Waals surface area contributed by atoms with Crippen LogP contribution in [0.3, 0.4) is 0 Å². The van der Waals surface area contributed by atoms with Crippen LogP contribution in [0.2, 0.25) is 10.0 Å². The van der Waals surface area contributed by atoms with Gasteiger partial charge in [0.1, 0.15) is 16.7 Å². The molecule has 0 atom stereocenters. The highest BCUT2D eigenvalue weighted by Gasteiger charge is 2.13. The van der Waals surface area contributed by atoms with E-state index in [4.69, 9.17) is 34.8 Å². The van der Waals surface area contributed by atoms with Crippen LogP contribution in [-0.2, 0) is 6.54 Å². The summed E-state index contributed by atoms with van der Waals surface area (Å²) in [6.45, 7) is 4.92. The normalized spacial score (nSPS) is 10.8. The minimum Gasteiger partial charge on any atom is -0.373 e. The van der Waals surface area contributed by atoms with Crippen LogP contribution >= 0.6 is 34.8 Å². The highest BCUT2D eigenvalue weighted by molar-refractivity contribution is 6.34. The largest absolute Gasteiger partial charge is 0.373 e. The molecule has 0 spiro atoms. The summed E-state index contributed by atoms with van der Waals surface area (Å²) >= 11 is 18.5. The molecule has 5 nitrogen and oxygen atoms in total. The summed E-state index contributed by atoms with van der Waals surface area (Å²) < 4.78 is 0. The lowest BCUT2D eigenvalue weighted by atomic mass is 10.2. The molecule has 0 amide bonds. The van der Waals surface area contributed by atoms with Crippen LogP contribution in [0.25, 0.3) is 0 Å². The van der Waals surface area contributed by atoms with E-state index in [2.05, 4.69) is 25.2 Å². The number of pyridine rings is 1. The average molecular weight is 389 g/mol. The molecular formula is C16H20Cl3N5. The van der Waals surface area contributed by atoms with E-state index in [1.54, 1.807) is 6.20 Å². The zero-order valence-electron chi connectivity index (χ0n) is 13.9. The summed E-state index contributed by atoms with van der Waals surface area (Å²) in [5.41, 5.74) is 2.40. The summed E-state index contributed by atoms with van der Waals surface area (Å²) in [6.07, 6.45) is 2.63. The third kappa shape index (κ3) is 4.62. The topological polar surface area (TPSA) is 53.9 Å². The second-order valence-electron chi connectivity index (χ2n) is 5.43. The Hall–Kier alpha value is -1.30. The Bertz CT molecular complexity index is 708. The van der Waals surface area contributed by atoms with Gasteiger partial charge in [-0.3, -0.25) is 4.98 Å². The maximum Gasteiger partial charge on any atom is 0.149 e. The third-order valence-corrected chi connectivity index (χ3v) is 4.66. The van der Waals surface area contributed by atoms with Crippen molar-refractivity contribution in [1.82, 2.24) is 15.0 Å². The van der Waals surface area contributed by atoms with Gasteiger partial charge in [-0.1, -0.05) is 23.2 Å². The third-order valence-electron chi connectivity index (χ3n) is 3.53. The lowest BCUT2D eigenvalue weighted by Gasteiger charge is -2.21. The maximum atomic E-state index is 6.51. The van der Waals surface area contributed by atoms with Crippen LogP contribution in [0.1, 0.15) is 23.6 Å². The molecule has 1 N–H and O–H groups in total. The van der Waals surface area contributed by atoms with Gasteiger partial charge in [0, 0.05) is 25.7 Å². The number of nitrogens with zero attached hydrogens (tertiary/aromatic N) is 4. The molecule has 0 aliphatic carbocycles. The molecule has 2 aromatic heterocycles. The van der Waals surface area contributed by atoms with Gasteiger partial charge in [0.2, 0.25) is 0 Å². The molecule has 0 saturated carbocycles. The second kappa shape index (κ2) is 8.70. The van der Waals surface area contributed by atoms with Crippen LogP contribution in [0.15, 0.2) is 12.3 Å². The summed E-state index contributed by atoms with van der Waals surface area (Å²) in [4.78, 5) is 15.0. The van der Waals surface area contributed by atoms with Gasteiger partial charge in [0.25, 0.3) is 0 Å². The smallest absolute Gasteiger partial charge is 0.149 e. The lowest BCUT2D eigenvalue weighted by molar-refractivity contribution is 0.853. The van der Waals surface area contributed by atoms with Crippen LogP contribution in [-0.4, -0.2) is 34.4 Å². The van der Waals surface area contributed by atoms with Crippen molar-refractivity contribution in [3.8, 4) is 0 Å². The quantitative estimate of drug-likeness (QED) is 0.709. The Morgan fingerprint density at radius 1 is 1.17 bits per heavy atom. The Kier molecular flexibility index (Phi) is 6.90. The number of aryl methyl sites for hydroxylation is 2.